The van der Waals surface area contributed by atoms with Gasteiger partial charge in [-0.1, -0.05) is 0 Å². The van der Waals surface area contributed by atoms with Crippen LogP contribution < -0.4 is 5.32 Å². The zero-order valence-electron chi connectivity index (χ0n) is 10.1. The molecule has 1 unspecified atom stereocenters. The van der Waals surface area contributed by atoms with Crippen LogP contribution in [-0.2, 0) is 6.54 Å². The first-order valence-electron chi connectivity index (χ1n) is 6.26. The van der Waals surface area contributed by atoms with Crippen LogP contribution in [0.1, 0.15) is 25.0 Å². The minimum absolute atomic E-state index is 0.914. The monoisotopic (exact) mass is 222 g/mol. The maximum absolute atomic E-state index is 5.33. The third kappa shape index (κ3) is 3.65. The quantitative estimate of drug-likeness (QED) is 0.799. The van der Waals surface area contributed by atoms with Crippen molar-refractivity contribution < 1.29 is 4.42 Å². The number of nitrogens with zero attached hydrogens (tertiary/aromatic N) is 1. The van der Waals surface area contributed by atoms with E-state index in [0.29, 0.717) is 0 Å². The summed E-state index contributed by atoms with van der Waals surface area (Å²) in [6, 6.07) is 3.99. The van der Waals surface area contributed by atoms with E-state index in [4.69, 9.17) is 4.42 Å². The Kier molecular flexibility index (Phi) is 4.43. The number of nitrogens with one attached hydrogen (secondary N) is 1. The molecule has 2 rings (SSSR count). The van der Waals surface area contributed by atoms with Crippen LogP contribution in [0.2, 0.25) is 0 Å². The fourth-order valence-corrected chi connectivity index (χ4v) is 2.36. The molecular formula is C13H22N2O. The zero-order chi connectivity index (χ0) is 11.2. The molecule has 1 aromatic heterocycles. The van der Waals surface area contributed by atoms with Crippen molar-refractivity contribution in [3.8, 4) is 0 Å². The molecular weight excluding hydrogens is 200 g/mol. The van der Waals surface area contributed by atoms with Gasteiger partial charge in [-0.15, -0.1) is 0 Å². The molecule has 0 radical (unpaired) electrons. The van der Waals surface area contributed by atoms with E-state index in [1.807, 2.05) is 12.1 Å². The Hall–Kier alpha value is -0.800. The molecule has 1 aliphatic rings. The maximum atomic E-state index is 5.33. The van der Waals surface area contributed by atoms with E-state index in [9.17, 15) is 0 Å². The average Bonchev–Trinajstić information content (AvgIpc) is 2.90. The smallest absolute Gasteiger partial charge is 0.117 e. The molecule has 0 aliphatic carbocycles. The Morgan fingerprint density at radius 3 is 3.19 bits per heavy atom. The third-order valence-electron chi connectivity index (χ3n) is 3.32. The Balaban J connectivity index is 1.58. The van der Waals surface area contributed by atoms with E-state index in [1.54, 1.807) is 6.26 Å². The molecule has 16 heavy (non-hydrogen) atoms. The van der Waals surface area contributed by atoms with Crippen LogP contribution in [0.4, 0.5) is 0 Å². The van der Waals surface area contributed by atoms with Crippen LogP contribution in [0, 0.1) is 5.92 Å². The topological polar surface area (TPSA) is 28.4 Å². The van der Waals surface area contributed by atoms with Crippen molar-refractivity contribution >= 4 is 0 Å². The molecule has 3 nitrogen and oxygen atoms in total. The van der Waals surface area contributed by atoms with Crippen LogP contribution in [0.25, 0.3) is 0 Å². The van der Waals surface area contributed by atoms with Gasteiger partial charge in [-0.2, -0.15) is 0 Å². The van der Waals surface area contributed by atoms with Gasteiger partial charge in [0, 0.05) is 0 Å². The second-order valence-electron chi connectivity index (χ2n) is 4.82. The largest absolute Gasteiger partial charge is 0.468 e. The van der Waals surface area contributed by atoms with E-state index >= 15 is 0 Å². The summed E-state index contributed by atoms with van der Waals surface area (Å²) in [5.41, 5.74) is 0. The maximum Gasteiger partial charge on any atom is 0.117 e. The minimum Gasteiger partial charge on any atom is -0.468 e. The molecule has 1 atom stereocenters. The summed E-state index contributed by atoms with van der Waals surface area (Å²) in [5.74, 6) is 1.97. The molecule has 90 valence electrons. The lowest BCUT2D eigenvalue weighted by Gasteiger charge is -2.16. The van der Waals surface area contributed by atoms with Gasteiger partial charge in [0.1, 0.15) is 5.76 Å². The van der Waals surface area contributed by atoms with E-state index in [1.165, 1.54) is 32.4 Å². The molecule has 1 aliphatic heterocycles. The third-order valence-corrected chi connectivity index (χ3v) is 3.32. The standard InChI is InChI=1S/C13H22N2O/c1-15(11-13-5-3-9-16-13)8-2-4-12-6-7-14-10-12/h3,5,9,12,14H,2,4,6-8,10-11H2,1H3. The Labute approximate surface area is 97.8 Å². The molecule has 1 aromatic rings. The lowest BCUT2D eigenvalue weighted by molar-refractivity contribution is 0.282. The second kappa shape index (κ2) is 6.06. The van der Waals surface area contributed by atoms with Gasteiger partial charge in [0.2, 0.25) is 0 Å². The summed E-state index contributed by atoms with van der Waals surface area (Å²) in [7, 11) is 2.16. The first-order valence-corrected chi connectivity index (χ1v) is 6.26. The summed E-state index contributed by atoms with van der Waals surface area (Å²) in [4.78, 5) is 2.33. The normalized spacial score (nSPS) is 20.8. The van der Waals surface area contributed by atoms with Crippen LogP contribution in [0.3, 0.4) is 0 Å². The van der Waals surface area contributed by atoms with Gasteiger partial charge in [0.15, 0.2) is 0 Å². The number of hydrogen-bond donors (Lipinski definition) is 1. The van der Waals surface area contributed by atoms with Gasteiger partial charge in [-0.05, 0) is 64.0 Å². The molecule has 1 saturated heterocycles. The number of furan rings is 1. The molecule has 0 saturated carbocycles. The molecule has 0 amide bonds. The number of rotatable bonds is 6. The van der Waals surface area contributed by atoms with Gasteiger partial charge in [-0.25, -0.2) is 0 Å². The van der Waals surface area contributed by atoms with Crippen molar-refractivity contribution in [3.63, 3.8) is 0 Å². The van der Waals surface area contributed by atoms with Crippen molar-refractivity contribution in [2.24, 2.45) is 5.92 Å². The fourth-order valence-electron chi connectivity index (χ4n) is 2.36. The van der Waals surface area contributed by atoms with Gasteiger partial charge < -0.3 is 9.73 Å². The minimum atomic E-state index is 0.914. The van der Waals surface area contributed by atoms with Crippen LogP contribution >= 0.6 is 0 Å². The van der Waals surface area contributed by atoms with E-state index in [2.05, 4.69) is 17.3 Å². The first kappa shape index (κ1) is 11.7. The van der Waals surface area contributed by atoms with Crippen LogP contribution in [0.15, 0.2) is 22.8 Å². The summed E-state index contributed by atoms with van der Waals surface area (Å²) in [5, 5.41) is 3.42. The van der Waals surface area contributed by atoms with Gasteiger partial charge in [0.25, 0.3) is 0 Å². The van der Waals surface area contributed by atoms with E-state index in [0.717, 1.165) is 24.8 Å². The Morgan fingerprint density at radius 2 is 2.50 bits per heavy atom. The zero-order valence-corrected chi connectivity index (χ0v) is 10.1. The summed E-state index contributed by atoms with van der Waals surface area (Å²) >= 11 is 0. The molecule has 0 spiro atoms. The lowest BCUT2D eigenvalue weighted by atomic mass is 10.0. The van der Waals surface area contributed by atoms with E-state index < -0.39 is 0 Å². The molecule has 1 N–H and O–H groups in total. The lowest BCUT2D eigenvalue weighted by Crippen LogP contribution is -2.19. The van der Waals surface area contributed by atoms with E-state index in [-0.39, 0.29) is 0 Å². The predicted octanol–water partition coefficient (Wildman–Crippen LogP) is 2.10. The summed E-state index contributed by atoms with van der Waals surface area (Å²) < 4.78 is 5.33. The van der Waals surface area contributed by atoms with Crippen molar-refractivity contribution in [1.82, 2.24) is 10.2 Å². The molecule has 3 heteroatoms. The predicted molar refractivity (Wildman–Crippen MR) is 65.3 cm³/mol. The Morgan fingerprint density at radius 1 is 1.56 bits per heavy atom. The first-order chi connectivity index (χ1) is 7.84. The van der Waals surface area contributed by atoms with Crippen molar-refractivity contribution in [2.75, 3.05) is 26.7 Å². The highest BCUT2D eigenvalue weighted by atomic mass is 16.3. The summed E-state index contributed by atoms with van der Waals surface area (Å²) in [6.45, 7) is 4.53. The van der Waals surface area contributed by atoms with Crippen LogP contribution in [-0.4, -0.2) is 31.6 Å². The SMILES string of the molecule is CN(CCCC1CCNC1)Cc1ccco1. The number of hydrogen-bond acceptors (Lipinski definition) is 3. The fraction of sp³-hybridized carbons (Fsp3) is 0.692. The highest BCUT2D eigenvalue weighted by molar-refractivity contribution is 4.97. The van der Waals surface area contributed by atoms with Crippen LogP contribution in [0.5, 0.6) is 0 Å². The summed E-state index contributed by atoms with van der Waals surface area (Å²) in [6.07, 6.45) is 5.76. The highest BCUT2D eigenvalue weighted by Gasteiger charge is 2.13. The highest BCUT2D eigenvalue weighted by Crippen LogP contribution is 2.14. The van der Waals surface area contributed by atoms with Crippen molar-refractivity contribution in [2.45, 2.75) is 25.8 Å². The second-order valence-corrected chi connectivity index (χ2v) is 4.82. The van der Waals surface area contributed by atoms with Gasteiger partial charge in [0.05, 0.1) is 12.8 Å². The van der Waals surface area contributed by atoms with Gasteiger partial charge in [-0.3, -0.25) is 4.90 Å². The molecule has 0 aromatic carbocycles. The van der Waals surface area contributed by atoms with Crippen molar-refractivity contribution in [3.05, 3.63) is 24.2 Å². The molecule has 2 heterocycles. The average molecular weight is 222 g/mol. The van der Waals surface area contributed by atoms with Crippen molar-refractivity contribution in [1.29, 1.82) is 0 Å². The molecule has 1 fully saturated rings. The van der Waals surface area contributed by atoms with Gasteiger partial charge >= 0.3 is 0 Å². The molecule has 0 bridgehead atoms. The Bertz CT molecular complexity index is 278.